The lowest BCUT2D eigenvalue weighted by molar-refractivity contribution is -0.167. The third-order valence-corrected chi connectivity index (χ3v) is 17.0. The highest BCUT2D eigenvalue weighted by Crippen LogP contribution is 2.19. The summed E-state index contributed by atoms with van der Waals surface area (Å²) in [5.74, 6) is -0.825. The van der Waals surface area contributed by atoms with Gasteiger partial charge in [0.1, 0.15) is 13.2 Å². The van der Waals surface area contributed by atoms with E-state index in [1.807, 2.05) is 0 Å². The van der Waals surface area contributed by atoms with Crippen LogP contribution in [-0.4, -0.2) is 37.2 Å². The van der Waals surface area contributed by atoms with Crippen LogP contribution in [0.3, 0.4) is 0 Å². The van der Waals surface area contributed by atoms with Crippen molar-refractivity contribution in [1.29, 1.82) is 0 Å². The van der Waals surface area contributed by atoms with Gasteiger partial charge in [-0.2, -0.15) is 0 Å². The molecule has 6 heteroatoms. The summed E-state index contributed by atoms with van der Waals surface area (Å²) in [6.07, 6.45) is 83.8. The van der Waals surface area contributed by atoms with Crippen LogP contribution in [0, 0.1) is 0 Å². The third-order valence-electron chi connectivity index (χ3n) is 17.0. The van der Waals surface area contributed by atoms with E-state index in [0.29, 0.717) is 19.3 Å². The average Bonchev–Trinajstić information content (AvgIpc) is 3.46. The maximum absolute atomic E-state index is 13.0. The minimum Gasteiger partial charge on any atom is -0.462 e. The number of carbonyl (C=O) groups is 3. The van der Waals surface area contributed by atoms with E-state index in [2.05, 4.69) is 32.9 Å². The monoisotopic (exact) mass is 1130 g/mol. The van der Waals surface area contributed by atoms with E-state index in [0.717, 1.165) is 57.8 Å². The van der Waals surface area contributed by atoms with E-state index in [9.17, 15) is 14.4 Å². The zero-order chi connectivity index (χ0) is 57.8. The first-order chi connectivity index (χ1) is 39.5. The Labute approximate surface area is 501 Å². The maximum Gasteiger partial charge on any atom is 0.306 e. The van der Waals surface area contributed by atoms with Gasteiger partial charge in [-0.15, -0.1) is 0 Å². The van der Waals surface area contributed by atoms with E-state index in [-0.39, 0.29) is 31.1 Å². The van der Waals surface area contributed by atoms with Gasteiger partial charge in [-0.3, -0.25) is 14.4 Å². The van der Waals surface area contributed by atoms with Crippen molar-refractivity contribution in [3.63, 3.8) is 0 Å². The van der Waals surface area contributed by atoms with Crippen LogP contribution in [0.25, 0.3) is 0 Å². The molecule has 0 saturated carbocycles. The number of ether oxygens (including phenoxy) is 3. The van der Waals surface area contributed by atoms with Gasteiger partial charge in [-0.25, -0.2) is 0 Å². The lowest BCUT2D eigenvalue weighted by atomic mass is 10.0. The van der Waals surface area contributed by atoms with Crippen molar-refractivity contribution >= 4 is 17.9 Å². The highest BCUT2D eigenvalue weighted by molar-refractivity contribution is 5.71. The third kappa shape index (κ3) is 66.9. The highest BCUT2D eigenvalue weighted by atomic mass is 16.6. The van der Waals surface area contributed by atoms with Crippen molar-refractivity contribution in [2.75, 3.05) is 13.2 Å². The number of hydrogen-bond donors (Lipinski definition) is 0. The molecular weight excluding hydrogens is 985 g/mol. The summed E-state index contributed by atoms with van der Waals surface area (Å²) in [4.78, 5) is 38.5. The molecule has 0 radical (unpaired) electrons. The molecule has 1 atom stereocenters. The fourth-order valence-corrected chi connectivity index (χ4v) is 11.5. The van der Waals surface area contributed by atoms with E-state index in [1.54, 1.807) is 0 Å². The van der Waals surface area contributed by atoms with E-state index >= 15 is 0 Å². The first kappa shape index (κ1) is 78.1. The molecule has 1 unspecified atom stereocenters. The van der Waals surface area contributed by atoms with Gasteiger partial charge in [0.2, 0.25) is 0 Å². The molecule has 0 fully saturated rings. The summed E-state index contributed by atoms with van der Waals surface area (Å²) < 4.78 is 17.0. The molecule has 0 amide bonds. The topological polar surface area (TPSA) is 78.9 Å². The van der Waals surface area contributed by atoms with Crippen molar-refractivity contribution in [2.45, 2.75) is 431 Å². The van der Waals surface area contributed by atoms with Crippen LogP contribution in [-0.2, 0) is 28.6 Å². The largest absolute Gasteiger partial charge is 0.462 e. The zero-order valence-corrected chi connectivity index (χ0v) is 54.6. The fraction of sp³-hybridized carbons (Fsp3) is 0.932. The molecule has 474 valence electrons. The SMILES string of the molecule is CCCCCCCCCC/C=C\CCCCCCCCCCCC(=O)OCC(COC(=O)CCCCCCCCCCCCCCCCCCCCCC)OC(=O)CCCCCCCCCCCCCCCCCCCCCCC. The van der Waals surface area contributed by atoms with Crippen LogP contribution in [0.2, 0.25) is 0 Å². The van der Waals surface area contributed by atoms with Crippen LogP contribution in [0.1, 0.15) is 425 Å². The summed E-state index contributed by atoms with van der Waals surface area (Å²) in [5.41, 5.74) is 0. The summed E-state index contributed by atoms with van der Waals surface area (Å²) >= 11 is 0. The van der Waals surface area contributed by atoms with Crippen LogP contribution in [0.5, 0.6) is 0 Å². The molecule has 0 rings (SSSR count). The molecule has 0 aromatic rings. The Balaban J connectivity index is 4.29. The van der Waals surface area contributed by atoms with E-state index in [4.69, 9.17) is 14.2 Å². The van der Waals surface area contributed by atoms with Crippen molar-refractivity contribution in [3.05, 3.63) is 12.2 Å². The van der Waals surface area contributed by atoms with Crippen LogP contribution in [0.4, 0.5) is 0 Å². The van der Waals surface area contributed by atoms with Gasteiger partial charge in [0.05, 0.1) is 0 Å². The van der Waals surface area contributed by atoms with E-state index in [1.165, 1.54) is 327 Å². The van der Waals surface area contributed by atoms with Gasteiger partial charge in [0.25, 0.3) is 0 Å². The number of esters is 3. The normalized spacial score (nSPS) is 12.0. The van der Waals surface area contributed by atoms with Crippen LogP contribution < -0.4 is 0 Å². The number of allylic oxidation sites excluding steroid dienone is 2. The Morgan fingerprint density at radius 2 is 0.412 bits per heavy atom. The predicted octanol–water partition coefficient (Wildman–Crippen LogP) is 25.2. The van der Waals surface area contributed by atoms with Gasteiger partial charge in [-0.05, 0) is 44.9 Å². The van der Waals surface area contributed by atoms with Gasteiger partial charge in [-0.1, -0.05) is 373 Å². The molecule has 0 aromatic carbocycles. The van der Waals surface area contributed by atoms with Gasteiger partial charge in [0.15, 0.2) is 6.10 Å². The molecule has 6 nitrogen and oxygen atoms in total. The van der Waals surface area contributed by atoms with Crippen LogP contribution >= 0.6 is 0 Å². The average molecular weight is 1130 g/mol. The quantitative estimate of drug-likeness (QED) is 0.0261. The Hall–Kier alpha value is -1.85. The summed E-state index contributed by atoms with van der Waals surface area (Å²) in [6.45, 7) is 6.74. The Bertz CT molecular complexity index is 1250. The molecule has 0 aliphatic rings. The minimum atomic E-state index is -0.768. The van der Waals surface area contributed by atoms with Crippen molar-refractivity contribution in [1.82, 2.24) is 0 Å². The molecule has 0 aliphatic heterocycles. The number of carbonyl (C=O) groups excluding carboxylic acids is 3. The first-order valence-corrected chi connectivity index (χ1v) is 36.7. The molecular formula is C74H142O6. The molecule has 0 saturated heterocycles. The zero-order valence-electron chi connectivity index (χ0n) is 54.6. The lowest BCUT2D eigenvalue weighted by Gasteiger charge is -2.18. The minimum absolute atomic E-state index is 0.0631. The van der Waals surface area contributed by atoms with Gasteiger partial charge < -0.3 is 14.2 Å². The standard InChI is InChI=1S/C74H142O6/c1-4-7-10-13-16-19-22-25-28-31-34-37-40-43-46-49-52-55-58-61-64-67-73(76)79-70-71(69-78-72(75)66-63-60-57-54-51-48-45-42-39-36-33-30-27-24-21-18-15-12-9-6-3)80-74(77)68-65-62-59-56-53-50-47-44-41-38-35-32-29-26-23-20-17-14-11-8-5-2/h31,34,71H,4-30,32-33,35-70H2,1-3H3/b34-31-. The Morgan fingerprint density at radius 3 is 0.625 bits per heavy atom. The summed E-state index contributed by atoms with van der Waals surface area (Å²) in [7, 11) is 0. The number of hydrogen-bond acceptors (Lipinski definition) is 6. The second-order valence-electron chi connectivity index (χ2n) is 25.2. The molecule has 0 bridgehead atoms. The van der Waals surface area contributed by atoms with Crippen molar-refractivity contribution < 1.29 is 28.6 Å². The van der Waals surface area contributed by atoms with Crippen molar-refractivity contribution in [3.8, 4) is 0 Å². The molecule has 0 aromatic heterocycles. The second-order valence-corrected chi connectivity index (χ2v) is 25.2. The van der Waals surface area contributed by atoms with E-state index < -0.39 is 6.10 Å². The molecule has 0 spiro atoms. The number of unbranched alkanes of at least 4 members (excludes halogenated alkanes) is 56. The number of rotatable bonds is 69. The molecule has 0 heterocycles. The first-order valence-electron chi connectivity index (χ1n) is 36.7. The molecule has 0 aliphatic carbocycles. The smallest absolute Gasteiger partial charge is 0.306 e. The Kier molecular flexibility index (Phi) is 68.0. The lowest BCUT2D eigenvalue weighted by Crippen LogP contribution is -2.30. The predicted molar refractivity (Wildman–Crippen MR) is 349 cm³/mol. The highest BCUT2D eigenvalue weighted by Gasteiger charge is 2.20. The summed E-state index contributed by atoms with van der Waals surface area (Å²) in [6, 6.07) is 0. The molecule has 0 N–H and O–H groups in total. The second kappa shape index (κ2) is 69.6. The van der Waals surface area contributed by atoms with Gasteiger partial charge in [0, 0.05) is 19.3 Å². The van der Waals surface area contributed by atoms with Crippen molar-refractivity contribution in [2.24, 2.45) is 0 Å². The Morgan fingerprint density at radius 1 is 0.237 bits per heavy atom. The maximum atomic E-state index is 13.0. The van der Waals surface area contributed by atoms with Gasteiger partial charge >= 0.3 is 17.9 Å². The summed E-state index contributed by atoms with van der Waals surface area (Å²) in [5, 5.41) is 0. The van der Waals surface area contributed by atoms with Crippen LogP contribution in [0.15, 0.2) is 12.2 Å². The molecule has 80 heavy (non-hydrogen) atoms. The fourth-order valence-electron chi connectivity index (χ4n) is 11.5.